The second-order valence-electron chi connectivity index (χ2n) is 9.67. The van der Waals surface area contributed by atoms with Crippen LogP contribution < -0.4 is 10.4 Å². The monoisotopic (exact) mass is 486 g/mol. The van der Waals surface area contributed by atoms with Crippen LogP contribution >= 0.6 is 0 Å². The zero-order valence-corrected chi connectivity index (χ0v) is 20.9. The van der Waals surface area contributed by atoms with E-state index in [2.05, 4.69) is 22.3 Å². The van der Waals surface area contributed by atoms with E-state index in [1.807, 2.05) is 50.2 Å². The molecule has 1 aliphatic heterocycles. The third-order valence-electron chi connectivity index (χ3n) is 6.77. The van der Waals surface area contributed by atoms with E-state index < -0.39 is 5.63 Å². The van der Waals surface area contributed by atoms with Gasteiger partial charge < -0.3 is 14.1 Å². The van der Waals surface area contributed by atoms with Crippen molar-refractivity contribution in [2.45, 2.75) is 45.8 Å². The van der Waals surface area contributed by atoms with E-state index >= 15 is 0 Å². The molecule has 2 aromatic carbocycles. The average Bonchev–Trinajstić information content (AvgIpc) is 3.33. The minimum Gasteiger partial charge on any atom is -0.490 e. The van der Waals surface area contributed by atoms with Gasteiger partial charge in [-0.3, -0.25) is 4.79 Å². The number of likely N-dealkylation sites (tertiary alicyclic amines) is 1. The van der Waals surface area contributed by atoms with Crippen LogP contribution in [0.2, 0.25) is 0 Å². The quantitative estimate of drug-likeness (QED) is 0.289. The van der Waals surface area contributed by atoms with Crippen molar-refractivity contribution in [3.63, 3.8) is 0 Å². The molecule has 1 aliphatic rings. The van der Waals surface area contributed by atoms with Gasteiger partial charge in [-0.2, -0.15) is 0 Å². The fourth-order valence-corrected chi connectivity index (χ4v) is 4.53. The lowest BCUT2D eigenvalue weighted by Crippen LogP contribution is -2.35. The van der Waals surface area contributed by atoms with E-state index in [1.54, 1.807) is 16.9 Å². The van der Waals surface area contributed by atoms with Crippen molar-refractivity contribution < 1.29 is 13.9 Å². The van der Waals surface area contributed by atoms with Crippen LogP contribution in [0.1, 0.15) is 45.6 Å². The highest BCUT2D eigenvalue weighted by atomic mass is 16.5. The molecule has 8 nitrogen and oxygen atoms in total. The predicted molar refractivity (Wildman–Crippen MR) is 137 cm³/mol. The number of piperidine rings is 1. The Hall–Kier alpha value is -3.78. The Balaban J connectivity index is 1.30. The lowest BCUT2D eigenvalue weighted by atomic mass is 10.0. The number of fused-ring (bicyclic) bond motifs is 1. The molecule has 0 atom stereocenters. The molecule has 0 radical (unpaired) electrons. The number of carbonyl (C=O) groups excluding carboxylic acids is 1. The molecule has 0 aliphatic carbocycles. The first-order chi connectivity index (χ1) is 17.4. The largest absolute Gasteiger partial charge is 0.490 e. The molecule has 4 aromatic rings. The average molecular weight is 487 g/mol. The molecule has 1 fully saturated rings. The maximum absolute atomic E-state index is 12.9. The Kier molecular flexibility index (Phi) is 6.69. The number of aryl methyl sites for hydroxylation is 2. The Morgan fingerprint density at radius 2 is 1.86 bits per heavy atom. The summed E-state index contributed by atoms with van der Waals surface area (Å²) in [4.78, 5) is 27.9. The van der Waals surface area contributed by atoms with Gasteiger partial charge in [0, 0.05) is 36.0 Å². The molecule has 2 aromatic heterocycles. The molecule has 0 amide bonds. The molecule has 5 rings (SSSR count). The van der Waals surface area contributed by atoms with Gasteiger partial charge in [0.1, 0.15) is 23.1 Å². The van der Waals surface area contributed by atoms with Crippen LogP contribution in [0.4, 0.5) is 0 Å². The Bertz CT molecular complexity index is 1450. The first-order valence-corrected chi connectivity index (χ1v) is 12.3. The molecule has 1 saturated heterocycles. The lowest BCUT2D eigenvalue weighted by molar-refractivity contribution is 0.0987. The number of benzene rings is 2. The van der Waals surface area contributed by atoms with Crippen molar-refractivity contribution in [3.8, 4) is 5.75 Å². The number of ether oxygens (including phenoxy) is 1. The number of aromatic nitrogens is 3. The number of nitrogens with zero attached hydrogens (tertiary/aromatic N) is 4. The first kappa shape index (κ1) is 23.9. The minimum absolute atomic E-state index is 0.103. The summed E-state index contributed by atoms with van der Waals surface area (Å²) in [6.07, 6.45) is 3.60. The van der Waals surface area contributed by atoms with Crippen molar-refractivity contribution in [2.75, 3.05) is 20.1 Å². The summed E-state index contributed by atoms with van der Waals surface area (Å²) in [5.74, 6) is 0.449. The van der Waals surface area contributed by atoms with E-state index in [0.717, 1.165) is 48.2 Å². The van der Waals surface area contributed by atoms with Crippen molar-refractivity contribution >= 4 is 16.8 Å². The van der Waals surface area contributed by atoms with Gasteiger partial charge in [0.25, 0.3) is 0 Å². The van der Waals surface area contributed by atoms with Crippen LogP contribution in [0.15, 0.2) is 57.9 Å². The number of rotatable bonds is 7. The Labute approximate surface area is 209 Å². The van der Waals surface area contributed by atoms with Crippen LogP contribution in [0.3, 0.4) is 0 Å². The Morgan fingerprint density at radius 3 is 2.61 bits per heavy atom. The van der Waals surface area contributed by atoms with Crippen LogP contribution in [0.25, 0.3) is 11.0 Å². The van der Waals surface area contributed by atoms with E-state index in [-0.39, 0.29) is 24.0 Å². The van der Waals surface area contributed by atoms with E-state index in [4.69, 9.17) is 9.15 Å². The maximum atomic E-state index is 12.9. The topological polar surface area (TPSA) is 90.5 Å². The van der Waals surface area contributed by atoms with Gasteiger partial charge in [-0.15, -0.1) is 5.10 Å². The zero-order valence-electron chi connectivity index (χ0n) is 20.9. The number of Topliss-reactive ketones (excluding diaryl/α,β-unsaturated/α-hetero) is 1. The van der Waals surface area contributed by atoms with Crippen molar-refractivity contribution in [1.82, 2.24) is 19.9 Å². The predicted octanol–water partition coefficient (Wildman–Crippen LogP) is 3.95. The summed E-state index contributed by atoms with van der Waals surface area (Å²) in [7, 11) is 2.11. The molecule has 186 valence electrons. The fourth-order valence-electron chi connectivity index (χ4n) is 4.53. The third-order valence-corrected chi connectivity index (χ3v) is 6.77. The number of ketones is 1. The highest BCUT2D eigenvalue weighted by Crippen LogP contribution is 2.29. The van der Waals surface area contributed by atoms with Gasteiger partial charge in [0.2, 0.25) is 0 Å². The SMILES string of the molecule is Cc1ccc(Cn2cc(C(=O)Cc3cc4ccc(OC5CCN(C)CC5)c(C)c4oc3=O)nn2)cc1. The fraction of sp³-hybridized carbons (Fsp3) is 0.357. The van der Waals surface area contributed by atoms with E-state index in [0.29, 0.717) is 17.7 Å². The van der Waals surface area contributed by atoms with Gasteiger partial charge >= 0.3 is 5.63 Å². The summed E-state index contributed by atoms with van der Waals surface area (Å²) in [5.41, 5.74) is 3.52. The first-order valence-electron chi connectivity index (χ1n) is 12.3. The van der Waals surface area contributed by atoms with Crippen LogP contribution in [0.5, 0.6) is 5.75 Å². The summed E-state index contributed by atoms with van der Waals surface area (Å²) in [6, 6.07) is 13.6. The molecule has 0 bridgehead atoms. The summed E-state index contributed by atoms with van der Waals surface area (Å²) in [6.45, 7) is 6.45. The molecule has 0 saturated carbocycles. The molecule has 0 unspecified atom stereocenters. The third kappa shape index (κ3) is 5.23. The second kappa shape index (κ2) is 10.1. The van der Waals surface area contributed by atoms with Crippen molar-refractivity contribution in [1.29, 1.82) is 0 Å². The van der Waals surface area contributed by atoms with Crippen LogP contribution in [-0.2, 0) is 13.0 Å². The number of hydrogen-bond donors (Lipinski definition) is 0. The molecular formula is C28H30N4O4. The standard InChI is InChI=1S/C28H30N4O4/c1-18-4-6-20(7-5-18)16-32-17-24(29-30-32)25(33)15-22-14-21-8-9-26(19(2)27(21)36-28(22)34)35-23-10-12-31(3)13-11-23/h4-9,14,17,23H,10-13,15-16H2,1-3H3. The molecule has 3 heterocycles. The summed E-state index contributed by atoms with van der Waals surface area (Å²) in [5, 5.41) is 8.84. The van der Waals surface area contributed by atoms with Gasteiger partial charge in [0.15, 0.2) is 5.78 Å². The number of carbonyl (C=O) groups is 1. The van der Waals surface area contributed by atoms with Crippen LogP contribution in [-0.4, -0.2) is 51.9 Å². The van der Waals surface area contributed by atoms with Gasteiger partial charge in [-0.1, -0.05) is 35.0 Å². The highest BCUT2D eigenvalue weighted by molar-refractivity contribution is 5.95. The highest BCUT2D eigenvalue weighted by Gasteiger charge is 2.21. The van der Waals surface area contributed by atoms with Gasteiger partial charge in [-0.25, -0.2) is 9.48 Å². The van der Waals surface area contributed by atoms with Gasteiger partial charge in [-0.05, 0) is 57.5 Å². The normalized spacial score (nSPS) is 14.9. The van der Waals surface area contributed by atoms with Crippen molar-refractivity contribution in [2.24, 2.45) is 0 Å². The van der Waals surface area contributed by atoms with E-state index in [9.17, 15) is 9.59 Å². The summed E-state index contributed by atoms with van der Waals surface area (Å²) < 4.78 is 13.5. The second-order valence-corrected chi connectivity index (χ2v) is 9.67. The summed E-state index contributed by atoms with van der Waals surface area (Å²) >= 11 is 0. The van der Waals surface area contributed by atoms with Crippen molar-refractivity contribution in [3.05, 3.63) is 87.0 Å². The molecule has 8 heteroatoms. The number of hydrogen-bond acceptors (Lipinski definition) is 7. The zero-order chi connectivity index (χ0) is 25.2. The maximum Gasteiger partial charge on any atom is 0.339 e. The minimum atomic E-state index is -0.526. The molecular weight excluding hydrogens is 456 g/mol. The molecule has 36 heavy (non-hydrogen) atoms. The smallest absolute Gasteiger partial charge is 0.339 e. The van der Waals surface area contributed by atoms with E-state index in [1.165, 1.54) is 5.56 Å². The Morgan fingerprint density at radius 1 is 1.11 bits per heavy atom. The van der Waals surface area contributed by atoms with Gasteiger partial charge in [0.05, 0.1) is 12.7 Å². The lowest BCUT2D eigenvalue weighted by Gasteiger charge is -2.29. The molecule has 0 spiro atoms. The molecule has 0 N–H and O–H groups in total. The van der Waals surface area contributed by atoms with Crippen LogP contribution in [0, 0.1) is 13.8 Å².